The van der Waals surface area contributed by atoms with E-state index in [9.17, 15) is 24.0 Å². The van der Waals surface area contributed by atoms with Crippen molar-refractivity contribution in [3.63, 3.8) is 0 Å². The fraction of sp³-hybridized carbons (Fsp3) is 0.240. The highest BCUT2D eigenvalue weighted by atomic mass is 16.6. The van der Waals surface area contributed by atoms with Crippen LogP contribution in [0.15, 0.2) is 53.8 Å². The van der Waals surface area contributed by atoms with Crippen LogP contribution in [0.1, 0.15) is 57.4 Å². The van der Waals surface area contributed by atoms with Crippen LogP contribution in [0.4, 0.5) is 0 Å². The molecule has 2 aromatic carbocycles. The van der Waals surface area contributed by atoms with Crippen LogP contribution in [0.3, 0.4) is 0 Å². The average Bonchev–Trinajstić information content (AvgIpc) is 2.80. The Bertz CT molecular complexity index is 1250. The van der Waals surface area contributed by atoms with Gasteiger partial charge < -0.3 is 14.2 Å². The Kier molecular flexibility index (Phi) is 5.45. The fourth-order valence-corrected chi connectivity index (χ4v) is 4.29. The van der Waals surface area contributed by atoms with Crippen LogP contribution in [0.5, 0.6) is 5.75 Å². The summed E-state index contributed by atoms with van der Waals surface area (Å²) in [5.41, 5.74) is -3.14. The predicted molar refractivity (Wildman–Crippen MR) is 114 cm³/mol. The zero-order valence-corrected chi connectivity index (χ0v) is 18.2. The second-order valence-corrected chi connectivity index (χ2v) is 7.44. The van der Waals surface area contributed by atoms with Gasteiger partial charge >= 0.3 is 11.9 Å². The van der Waals surface area contributed by atoms with Crippen molar-refractivity contribution in [1.29, 1.82) is 0 Å². The second kappa shape index (κ2) is 8.12. The lowest BCUT2D eigenvalue weighted by Gasteiger charge is -2.39. The third kappa shape index (κ3) is 3.01. The average molecular weight is 448 g/mol. The Morgan fingerprint density at radius 3 is 1.97 bits per heavy atom. The van der Waals surface area contributed by atoms with Gasteiger partial charge in [-0.3, -0.25) is 24.0 Å². The molecule has 0 atom stereocenters. The van der Waals surface area contributed by atoms with Crippen molar-refractivity contribution in [3.8, 4) is 5.75 Å². The summed E-state index contributed by atoms with van der Waals surface area (Å²) in [6.07, 6.45) is 0. The number of Topliss-reactive ketones (excluding diaryl/α,β-unsaturated/α-hetero) is 3. The summed E-state index contributed by atoms with van der Waals surface area (Å²) >= 11 is 0. The van der Waals surface area contributed by atoms with Crippen molar-refractivity contribution in [3.05, 3.63) is 76.1 Å². The van der Waals surface area contributed by atoms with Gasteiger partial charge in [-0.1, -0.05) is 36.4 Å². The molecule has 33 heavy (non-hydrogen) atoms. The standard InChI is InChI=1S/C25H20O8/c1-4-31-23(29)25(24(30)32-5-2)18-14(13(3)26)11-8-12-17(18)33-22-19(25)20(27)15-9-6-7-10-16(15)21(22)28/h6-12H,4-5H2,1-3H3. The highest BCUT2D eigenvalue weighted by Crippen LogP contribution is 2.50. The third-order valence-corrected chi connectivity index (χ3v) is 5.61. The molecule has 2 aromatic rings. The van der Waals surface area contributed by atoms with Crippen LogP contribution in [0.2, 0.25) is 0 Å². The summed E-state index contributed by atoms with van der Waals surface area (Å²) in [6.45, 7) is 4.07. The number of hydrogen-bond donors (Lipinski definition) is 0. The largest absolute Gasteiger partial charge is 0.465 e. The number of carbonyl (C=O) groups is 5. The van der Waals surface area contributed by atoms with Crippen LogP contribution in [0, 0.1) is 0 Å². The fourth-order valence-electron chi connectivity index (χ4n) is 4.29. The molecule has 0 aromatic heterocycles. The molecule has 8 heteroatoms. The van der Waals surface area contributed by atoms with Gasteiger partial charge in [-0.05, 0) is 26.8 Å². The van der Waals surface area contributed by atoms with Crippen molar-refractivity contribution in [2.24, 2.45) is 0 Å². The molecule has 4 rings (SSSR count). The van der Waals surface area contributed by atoms with E-state index in [0.29, 0.717) is 0 Å². The summed E-state index contributed by atoms with van der Waals surface area (Å²) in [5, 5.41) is 0. The van der Waals surface area contributed by atoms with Gasteiger partial charge in [0.1, 0.15) is 5.75 Å². The Balaban J connectivity index is 2.18. The van der Waals surface area contributed by atoms with Crippen molar-refractivity contribution in [2.45, 2.75) is 26.2 Å². The van der Waals surface area contributed by atoms with Crippen LogP contribution < -0.4 is 4.74 Å². The number of rotatable bonds is 5. The molecule has 0 saturated heterocycles. The molecule has 0 fully saturated rings. The second-order valence-electron chi connectivity index (χ2n) is 7.44. The first-order valence-electron chi connectivity index (χ1n) is 10.4. The lowest BCUT2D eigenvalue weighted by Crippen LogP contribution is -2.54. The summed E-state index contributed by atoms with van der Waals surface area (Å²) in [6, 6.07) is 10.3. The van der Waals surface area contributed by atoms with Crippen LogP contribution >= 0.6 is 0 Å². The Morgan fingerprint density at radius 1 is 0.848 bits per heavy atom. The van der Waals surface area contributed by atoms with Crippen LogP contribution in [0.25, 0.3) is 0 Å². The number of benzene rings is 2. The van der Waals surface area contributed by atoms with Gasteiger partial charge in [-0.25, -0.2) is 0 Å². The Labute approximate surface area is 189 Å². The van der Waals surface area contributed by atoms with E-state index in [1.165, 1.54) is 51.1 Å². The van der Waals surface area contributed by atoms with Gasteiger partial charge in [0.25, 0.3) is 0 Å². The predicted octanol–water partition coefficient (Wildman–Crippen LogP) is 2.98. The van der Waals surface area contributed by atoms with E-state index in [2.05, 4.69) is 0 Å². The number of ketones is 3. The summed E-state index contributed by atoms with van der Waals surface area (Å²) in [4.78, 5) is 66.9. The van der Waals surface area contributed by atoms with Crippen molar-refractivity contribution in [2.75, 3.05) is 13.2 Å². The molecule has 0 N–H and O–H groups in total. The molecule has 1 aliphatic carbocycles. The van der Waals surface area contributed by atoms with E-state index in [1.807, 2.05) is 0 Å². The first-order valence-corrected chi connectivity index (χ1v) is 10.4. The molecule has 168 valence electrons. The summed E-state index contributed by atoms with van der Waals surface area (Å²) in [5.74, 6) is -4.71. The zero-order chi connectivity index (χ0) is 23.9. The number of fused-ring (bicyclic) bond motifs is 2. The molecule has 8 nitrogen and oxygen atoms in total. The topological polar surface area (TPSA) is 113 Å². The van der Waals surface area contributed by atoms with Gasteiger partial charge in [-0.2, -0.15) is 0 Å². The Morgan fingerprint density at radius 2 is 1.42 bits per heavy atom. The van der Waals surface area contributed by atoms with Crippen LogP contribution in [-0.2, 0) is 24.5 Å². The third-order valence-electron chi connectivity index (χ3n) is 5.61. The first-order chi connectivity index (χ1) is 15.8. The SMILES string of the molecule is CCOC(=O)C1(C(=O)OCC)C2=C(Oc3cccc(C(C)=O)c31)C(=O)c1ccccc1C2=O. The summed E-state index contributed by atoms with van der Waals surface area (Å²) in [7, 11) is 0. The molecule has 1 heterocycles. The summed E-state index contributed by atoms with van der Waals surface area (Å²) < 4.78 is 16.3. The van der Waals surface area contributed by atoms with E-state index < -0.39 is 46.0 Å². The monoisotopic (exact) mass is 448 g/mol. The quantitative estimate of drug-likeness (QED) is 0.390. The highest BCUT2D eigenvalue weighted by molar-refractivity contribution is 6.33. The molecule has 2 aliphatic rings. The van der Waals surface area contributed by atoms with Gasteiger partial charge in [0, 0.05) is 22.3 Å². The lowest BCUT2D eigenvalue weighted by atomic mass is 9.65. The number of esters is 2. The van der Waals surface area contributed by atoms with E-state index in [-0.39, 0.29) is 41.2 Å². The van der Waals surface area contributed by atoms with E-state index in [0.717, 1.165) is 0 Å². The van der Waals surface area contributed by atoms with Crippen LogP contribution in [-0.4, -0.2) is 42.5 Å². The zero-order valence-electron chi connectivity index (χ0n) is 18.2. The highest BCUT2D eigenvalue weighted by Gasteiger charge is 2.63. The molecular formula is C25H20O8. The molecule has 0 radical (unpaired) electrons. The minimum atomic E-state index is -2.52. The van der Waals surface area contributed by atoms with E-state index in [4.69, 9.17) is 14.2 Å². The molecule has 1 aliphatic heterocycles. The molecule has 0 amide bonds. The van der Waals surface area contributed by atoms with Crippen molar-refractivity contribution in [1.82, 2.24) is 0 Å². The first kappa shape index (κ1) is 22.1. The normalized spacial score (nSPS) is 15.6. The van der Waals surface area contributed by atoms with Gasteiger partial charge in [0.15, 0.2) is 17.3 Å². The number of allylic oxidation sites excluding steroid dienone is 1. The van der Waals surface area contributed by atoms with Crippen molar-refractivity contribution < 1.29 is 38.2 Å². The van der Waals surface area contributed by atoms with E-state index in [1.54, 1.807) is 12.1 Å². The lowest BCUT2D eigenvalue weighted by molar-refractivity contribution is -0.162. The smallest absolute Gasteiger partial charge is 0.333 e. The number of ether oxygens (including phenoxy) is 3. The van der Waals surface area contributed by atoms with Gasteiger partial charge in [-0.15, -0.1) is 0 Å². The van der Waals surface area contributed by atoms with Gasteiger partial charge in [0.2, 0.25) is 11.2 Å². The maximum absolute atomic E-state index is 13.7. The molecular weight excluding hydrogens is 428 g/mol. The maximum Gasteiger partial charge on any atom is 0.333 e. The Hall–Kier alpha value is -4.07. The minimum absolute atomic E-state index is 0.00609. The minimum Gasteiger partial charge on any atom is -0.465 e. The van der Waals surface area contributed by atoms with Gasteiger partial charge in [0.05, 0.1) is 18.8 Å². The molecule has 0 unspecified atom stereocenters. The molecule has 0 spiro atoms. The number of carbonyl (C=O) groups excluding carboxylic acids is 5. The number of hydrogen-bond acceptors (Lipinski definition) is 8. The molecule has 0 saturated carbocycles. The van der Waals surface area contributed by atoms with Crippen molar-refractivity contribution >= 4 is 29.3 Å². The maximum atomic E-state index is 13.7. The molecule has 0 bridgehead atoms. The van der Waals surface area contributed by atoms with E-state index >= 15 is 0 Å².